The van der Waals surface area contributed by atoms with Gasteiger partial charge in [0, 0.05) is 6.61 Å². The maximum Gasteiger partial charge on any atom is 0.0918 e. The van der Waals surface area contributed by atoms with Crippen molar-refractivity contribution in [2.75, 3.05) is 6.61 Å². The van der Waals surface area contributed by atoms with E-state index in [1.54, 1.807) is 0 Å². The first-order valence-corrected chi connectivity index (χ1v) is 5.14. The zero-order valence-electron chi connectivity index (χ0n) is 8.47. The zero-order valence-corrected chi connectivity index (χ0v) is 8.47. The van der Waals surface area contributed by atoms with Gasteiger partial charge in [-0.1, -0.05) is 42.5 Å². The molecule has 0 aliphatic carbocycles. The molecule has 2 nitrogen and oxygen atoms in total. The van der Waals surface area contributed by atoms with Crippen molar-refractivity contribution in [1.82, 2.24) is 0 Å². The standard InChI is InChI=1S/C13H13NO/c14-10-12-8-9-15-13(12)7-6-11-4-2-1-3-5-11/h1-7,12-13H,8-9H2/b7-6+/t12-,13-/m1/s1. The maximum atomic E-state index is 8.87. The lowest BCUT2D eigenvalue weighted by Gasteiger charge is -2.06. The first-order valence-electron chi connectivity index (χ1n) is 5.14. The molecule has 0 bridgehead atoms. The highest BCUT2D eigenvalue weighted by Gasteiger charge is 2.25. The lowest BCUT2D eigenvalue weighted by atomic mass is 10.0. The monoisotopic (exact) mass is 199 g/mol. The molecule has 1 saturated heterocycles. The number of nitriles is 1. The molecule has 1 aromatic carbocycles. The van der Waals surface area contributed by atoms with E-state index in [0.717, 1.165) is 12.0 Å². The molecule has 1 fully saturated rings. The molecule has 0 saturated carbocycles. The minimum absolute atomic E-state index is 0.0185. The van der Waals surface area contributed by atoms with Crippen LogP contribution in [0.3, 0.4) is 0 Å². The van der Waals surface area contributed by atoms with Gasteiger partial charge in [0.1, 0.15) is 0 Å². The topological polar surface area (TPSA) is 33.0 Å². The Morgan fingerprint density at radius 1 is 1.33 bits per heavy atom. The third kappa shape index (κ3) is 2.45. The zero-order chi connectivity index (χ0) is 10.5. The van der Waals surface area contributed by atoms with E-state index in [2.05, 4.69) is 6.07 Å². The van der Waals surface area contributed by atoms with Crippen molar-refractivity contribution < 1.29 is 4.74 Å². The number of ether oxygens (including phenoxy) is 1. The van der Waals surface area contributed by atoms with Crippen molar-refractivity contribution in [2.24, 2.45) is 5.92 Å². The molecule has 1 heterocycles. The molecule has 0 radical (unpaired) electrons. The second-order valence-corrected chi connectivity index (χ2v) is 3.63. The molecular weight excluding hydrogens is 186 g/mol. The van der Waals surface area contributed by atoms with E-state index in [-0.39, 0.29) is 12.0 Å². The molecule has 2 heteroatoms. The van der Waals surface area contributed by atoms with Crippen LogP contribution in [-0.2, 0) is 4.74 Å². The van der Waals surface area contributed by atoms with Crippen LogP contribution in [0.2, 0.25) is 0 Å². The lowest BCUT2D eigenvalue weighted by Crippen LogP contribution is -2.10. The molecule has 2 atom stereocenters. The number of nitrogens with zero attached hydrogens (tertiary/aromatic N) is 1. The fourth-order valence-electron chi connectivity index (χ4n) is 1.71. The summed E-state index contributed by atoms with van der Waals surface area (Å²) in [5.41, 5.74) is 1.14. The fourth-order valence-corrected chi connectivity index (χ4v) is 1.71. The van der Waals surface area contributed by atoms with Gasteiger partial charge in [-0.15, -0.1) is 0 Å². The van der Waals surface area contributed by atoms with E-state index in [1.165, 1.54) is 0 Å². The largest absolute Gasteiger partial charge is 0.373 e. The van der Waals surface area contributed by atoms with Crippen LogP contribution in [0.25, 0.3) is 6.08 Å². The van der Waals surface area contributed by atoms with E-state index < -0.39 is 0 Å². The number of hydrogen-bond donors (Lipinski definition) is 0. The van der Waals surface area contributed by atoms with E-state index in [0.29, 0.717) is 6.61 Å². The summed E-state index contributed by atoms with van der Waals surface area (Å²) in [7, 11) is 0. The summed E-state index contributed by atoms with van der Waals surface area (Å²) in [5, 5.41) is 8.87. The van der Waals surface area contributed by atoms with Gasteiger partial charge in [-0.05, 0) is 12.0 Å². The summed E-state index contributed by atoms with van der Waals surface area (Å²) in [5.74, 6) is 0.0185. The van der Waals surface area contributed by atoms with Gasteiger partial charge in [0.25, 0.3) is 0 Å². The normalized spacial score (nSPS) is 25.5. The molecule has 1 aliphatic rings. The van der Waals surface area contributed by atoms with Crippen molar-refractivity contribution in [3.8, 4) is 6.07 Å². The van der Waals surface area contributed by atoms with Crippen molar-refractivity contribution >= 4 is 6.08 Å². The quantitative estimate of drug-likeness (QED) is 0.733. The van der Waals surface area contributed by atoms with E-state index in [9.17, 15) is 0 Å². The summed E-state index contributed by atoms with van der Waals surface area (Å²) in [6, 6.07) is 12.3. The van der Waals surface area contributed by atoms with Gasteiger partial charge in [-0.25, -0.2) is 0 Å². The summed E-state index contributed by atoms with van der Waals surface area (Å²) in [6.45, 7) is 0.696. The van der Waals surface area contributed by atoms with Crippen molar-refractivity contribution in [1.29, 1.82) is 5.26 Å². The predicted molar refractivity (Wildman–Crippen MR) is 58.9 cm³/mol. The number of hydrogen-bond acceptors (Lipinski definition) is 2. The highest BCUT2D eigenvalue weighted by Crippen LogP contribution is 2.21. The maximum absolute atomic E-state index is 8.87. The molecule has 0 N–H and O–H groups in total. The van der Waals surface area contributed by atoms with Gasteiger partial charge in [0.05, 0.1) is 18.1 Å². The van der Waals surface area contributed by atoms with Crippen LogP contribution in [0.5, 0.6) is 0 Å². The Kier molecular flexibility index (Phi) is 3.16. The minimum Gasteiger partial charge on any atom is -0.373 e. The smallest absolute Gasteiger partial charge is 0.0918 e. The fraction of sp³-hybridized carbons (Fsp3) is 0.308. The minimum atomic E-state index is -0.0322. The first-order chi connectivity index (χ1) is 7.40. The van der Waals surface area contributed by atoms with Gasteiger partial charge < -0.3 is 4.74 Å². The molecule has 1 aliphatic heterocycles. The molecule has 2 rings (SSSR count). The molecular formula is C13H13NO. The summed E-state index contributed by atoms with van der Waals surface area (Å²) in [6.07, 6.45) is 4.81. The van der Waals surface area contributed by atoms with Gasteiger partial charge in [-0.2, -0.15) is 5.26 Å². The molecule has 0 aromatic heterocycles. The van der Waals surface area contributed by atoms with Crippen LogP contribution in [0, 0.1) is 17.2 Å². The predicted octanol–water partition coefficient (Wildman–Crippen LogP) is 2.63. The van der Waals surface area contributed by atoms with Crippen molar-refractivity contribution in [3.63, 3.8) is 0 Å². The van der Waals surface area contributed by atoms with Gasteiger partial charge in [-0.3, -0.25) is 0 Å². The number of benzene rings is 1. The number of rotatable bonds is 2. The summed E-state index contributed by atoms with van der Waals surface area (Å²) < 4.78 is 5.47. The van der Waals surface area contributed by atoms with Crippen LogP contribution in [-0.4, -0.2) is 12.7 Å². The Labute approximate surface area is 89.8 Å². The molecule has 0 spiro atoms. The average Bonchev–Trinajstić information content (AvgIpc) is 2.75. The van der Waals surface area contributed by atoms with Gasteiger partial charge in [0.15, 0.2) is 0 Å². The Bertz CT molecular complexity index is 377. The Morgan fingerprint density at radius 3 is 2.87 bits per heavy atom. The third-order valence-corrected chi connectivity index (χ3v) is 2.58. The lowest BCUT2D eigenvalue weighted by molar-refractivity contribution is 0.137. The summed E-state index contributed by atoms with van der Waals surface area (Å²) >= 11 is 0. The second kappa shape index (κ2) is 4.77. The molecule has 0 amide bonds. The first kappa shape index (κ1) is 9.95. The van der Waals surface area contributed by atoms with E-state index >= 15 is 0 Å². The molecule has 76 valence electrons. The molecule has 0 unspecified atom stereocenters. The summed E-state index contributed by atoms with van der Waals surface area (Å²) in [4.78, 5) is 0. The average molecular weight is 199 g/mol. The molecule has 15 heavy (non-hydrogen) atoms. The van der Waals surface area contributed by atoms with E-state index in [1.807, 2.05) is 42.5 Å². The highest BCUT2D eigenvalue weighted by molar-refractivity contribution is 5.49. The van der Waals surface area contributed by atoms with Gasteiger partial charge >= 0.3 is 0 Å². The Balaban J connectivity index is 2.03. The van der Waals surface area contributed by atoms with E-state index in [4.69, 9.17) is 10.00 Å². The SMILES string of the molecule is N#C[C@H]1CCO[C@@H]1/C=C/c1ccccc1. The molecule has 1 aromatic rings. The van der Waals surface area contributed by atoms with Crippen LogP contribution in [0.4, 0.5) is 0 Å². The van der Waals surface area contributed by atoms with Crippen LogP contribution in [0.15, 0.2) is 36.4 Å². The second-order valence-electron chi connectivity index (χ2n) is 3.63. The van der Waals surface area contributed by atoms with Crippen molar-refractivity contribution in [2.45, 2.75) is 12.5 Å². The Hall–Kier alpha value is -1.59. The van der Waals surface area contributed by atoms with Crippen LogP contribution in [0.1, 0.15) is 12.0 Å². The Morgan fingerprint density at radius 2 is 2.13 bits per heavy atom. The van der Waals surface area contributed by atoms with Crippen LogP contribution < -0.4 is 0 Å². The highest BCUT2D eigenvalue weighted by atomic mass is 16.5. The van der Waals surface area contributed by atoms with Crippen LogP contribution >= 0.6 is 0 Å². The van der Waals surface area contributed by atoms with Crippen molar-refractivity contribution in [3.05, 3.63) is 42.0 Å². The van der Waals surface area contributed by atoms with Gasteiger partial charge in [0.2, 0.25) is 0 Å². The third-order valence-electron chi connectivity index (χ3n) is 2.58.